The van der Waals surface area contributed by atoms with Crippen LogP contribution in [0.15, 0.2) is 18.2 Å². The quantitative estimate of drug-likeness (QED) is 0.501. The second-order valence-electron chi connectivity index (χ2n) is 8.11. The van der Waals surface area contributed by atoms with Crippen LogP contribution < -0.4 is 10.2 Å². The number of nitrogen functional groups attached to an aromatic ring is 1. The van der Waals surface area contributed by atoms with Gasteiger partial charge in [-0.2, -0.15) is 0 Å². The third-order valence-corrected chi connectivity index (χ3v) is 8.18. The summed E-state index contributed by atoms with van der Waals surface area (Å²) in [6.07, 6.45) is 0. The highest BCUT2D eigenvalue weighted by Crippen LogP contribution is 2.38. The highest BCUT2D eigenvalue weighted by atomic mass is 28.4. The molecule has 0 unspecified atom stereocenters. The molecule has 0 spiro atoms. The molecule has 5 heteroatoms. The maximum Gasteiger partial charge on any atom is 0.340 e. The number of carbonyl (C=O) groups is 1. The predicted molar refractivity (Wildman–Crippen MR) is 93.8 cm³/mol. The Hall–Kier alpha value is -1.49. The van der Waals surface area contributed by atoms with Crippen molar-refractivity contribution in [1.82, 2.24) is 0 Å². The molecule has 0 atom stereocenters. The van der Waals surface area contributed by atoms with Crippen molar-refractivity contribution in [2.45, 2.75) is 65.3 Å². The summed E-state index contributed by atoms with van der Waals surface area (Å²) in [6, 6.07) is 5.17. The first-order valence-electron chi connectivity index (χ1n) is 7.55. The van der Waals surface area contributed by atoms with Crippen molar-refractivity contribution in [2.75, 3.05) is 5.73 Å². The average molecular weight is 324 g/mol. The second kappa shape index (κ2) is 5.95. The number of nitrogens with two attached hydrogens (primary N) is 1. The van der Waals surface area contributed by atoms with Gasteiger partial charge in [0.15, 0.2) is 0 Å². The molecule has 0 fully saturated rings. The Kier molecular flexibility index (Phi) is 5.02. The van der Waals surface area contributed by atoms with Gasteiger partial charge in [0.1, 0.15) is 11.4 Å². The molecule has 0 amide bonds. The highest BCUT2D eigenvalue weighted by Gasteiger charge is 2.39. The van der Waals surface area contributed by atoms with Gasteiger partial charge in [-0.25, -0.2) is 4.79 Å². The topological polar surface area (TPSA) is 61.5 Å². The minimum Gasteiger partial charge on any atom is -0.543 e. The molecule has 22 heavy (non-hydrogen) atoms. The Morgan fingerprint density at radius 3 is 2.05 bits per heavy atom. The summed E-state index contributed by atoms with van der Waals surface area (Å²) in [7, 11) is -1.92. The molecular formula is C17H29NO3Si. The van der Waals surface area contributed by atoms with E-state index in [0.717, 1.165) is 0 Å². The smallest absolute Gasteiger partial charge is 0.340 e. The van der Waals surface area contributed by atoms with Crippen LogP contribution in [0.5, 0.6) is 5.75 Å². The average Bonchev–Trinajstić information content (AvgIpc) is 2.23. The lowest BCUT2D eigenvalue weighted by Crippen LogP contribution is -2.43. The molecule has 0 bridgehead atoms. The molecule has 0 saturated heterocycles. The molecule has 0 saturated carbocycles. The standard InChI is InChI=1S/C17H29NO3Si/c1-16(2,3)20-15(19)13-10-9-12(11-14(13)18)21-22(7,8)17(4,5)6/h9-11H,18H2,1-8H3. The number of hydrogen-bond donors (Lipinski definition) is 1. The molecule has 0 radical (unpaired) electrons. The van der Waals surface area contributed by atoms with E-state index in [-0.39, 0.29) is 5.04 Å². The summed E-state index contributed by atoms with van der Waals surface area (Å²) in [4.78, 5) is 12.1. The number of carbonyl (C=O) groups excluding carboxylic acids is 1. The van der Waals surface area contributed by atoms with E-state index in [1.807, 2.05) is 20.8 Å². The Bertz CT molecular complexity index is 554. The Morgan fingerprint density at radius 2 is 1.64 bits per heavy atom. The first kappa shape index (κ1) is 18.6. The lowest BCUT2D eigenvalue weighted by Gasteiger charge is -2.36. The molecule has 0 aliphatic rings. The summed E-state index contributed by atoms with van der Waals surface area (Å²) < 4.78 is 11.5. The van der Waals surface area contributed by atoms with E-state index in [4.69, 9.17) is 14.9 Å². The first-order chi connectivity index (χ1) is 9.73. The van der Waals surface area contributed by atoms with Crippen LogP contribution in [0.3, 0.4) is 0 Å². The van der Waals surface area contributed by atoms with Gasteiger partial charge in [0.05, 0.1) is 5.56 Å². The van der Waals surface area contributed by atoms with Crippen molar-refractivity contribution in [2.24, 2.45) is 0 Å². The van der Waals surface area contributed by atoms with Crippen LogP contribution in [0.25, 0.3) is 0 Å². The monoisotopic (exact) mass is 323 g/mol. The van der Waals surface area contributed by atoms with E-state index in [0.29, 0.717) is 17.0 Å². The minimum atomic E-state index is -1.92. The fraction of sp³-hybridized carbons (Fsp3) is 0.588. The zero-order valence-electron chi connectivity index (χ0n) is 15.0. The van der Waals surface area contributed by atoms with Gasteiger partial charge in [-0.1, -0.05) is 20.8 Å². The van der Waals surface area contributed by atoms with Gasteiger partial charge in [-0.05, 0) is 51.0 Å². The lowest BCUT2D eigenvalue weighted by molar-refractivity contribution is 0.00708. The Morgan fingerprint density at radius 1 is 1.09 bits per heavy atom. The second-order valence-corrected chi connectivity index (χ2v) is 12.8. The van der Waals surface area contributed by atoms with Gasteiger partial charge in [-0.15, -0.1) is 0 Å². The van der Waals surface area contributed by atoms with E-state index < -0.39 is 19.9 Å². The molecule has 0 aromatic heterocycles. The number of ether oxygens (including phenoxy) is 1. The number of hydrogen-bond acceptors (Lipinski definition) is 4. The SMILES string of the molecule is CC(C)(C)OC(=O)c1ccc(O[Si](C)(C)C(C)(C)C)cc1N. The van der Waals surface area contributed by atoms with Crippen LogP contribution in [-0.4, -0.2) is 19.9 Å². The summed E-state index contributed by atoms with van der Waals surface area (Å²) in [5, 5.41) is 0.103. The van der Waals surface area contributed by atoms with E-state index in [1.165, 1.54) is 0 Å². The molecule has 1 aromatic rings. The molecule has 1 aromatic carbocycles. The first-order valence-corrected chi connectivity index (χ1v) is 10.5. The third-order valence-electron chi connectivity index (χ3n) is 3.82. The zero-order valence-corrected chi connectivity index (χ0v) is 16.0. The summed E-state index contributed by atoms with van der Waals surface area (Å²) in [5.41, 5.74) is 6.21. The van der Waals surface area contributed by atoms with Crippen LogP contribution in [0, 0.1) is 0 Å². The Balaban J connectivity index is 2.98. The fourth-order valence-electron chi connectivity index (χ4n) is 1.57. The van der Waals surface area contributed by atoms with Gasteiger partial charge in [-0.3, -0.25) is 0 Å². The molecule has 0 heterocycles. The minimum absolute atomic E-state index is 0.103. The van der Waals surface area contributed by atoms with Gasteiger partial charge in [0.2, 0.25) is 8.32 Å². The van der Waals surface area contributed by atoms with E-state index >= 15 is 0 Å². The maximum absolute atomic E-state index is 12.1. The van der Waals surface area contributed by atoms with Crippen molar-refractivity contribution >= 4 is 20.0 Å². The van der Waals surface area contributed by atoms with Gasteiger partial charge >= 0.3 is 5.97 Å². The molecule has 124 valence electrons. The van der Waals surface area contributed by atoms with Crippen molar-refractivity contribution < 1.29 is 14.0 Å². The summed E-state index contributed by atoms with van der Waals surface area (Å²) in [5.74, 6) is 0.292. The molecule has 2 N–H and O–H groups in total. The fourth-order valence-corrected chi connectivity index (χ4v) is 2.59. The van der Waals surface area contributed by atoms with Crippen molar-refractivity contribution in [3.05, 3.63) is 23.8 Å². The lowest BCUT2D eigenvalue weighted by atomic mass is 10.1. The molecule has 0 aliphatic heterocycles. The van der Waals surface area contributed by atoms with E-state index in [2.05, 4.69) is 33.9 Å². The third kappa shape index (κ3) is 4.76. The van der Waals surface area contributed by atoms with Crippen LogP contribution >= 0.6 is 0 Å². The molecule has 4 nitrogen and oxygen atoms in total. The number of rotatable bonds is 3. The number of esters is 1. The normalized spacial score (nSPS) is 12.9. The van der Waals surface area contributed by atoms with E-state index in [9.17, 15) is 4.79 Å². The van der Waals surface area contributed by atoms with Gasteiger partial charge in [0, 0.05) is 11.8 Å². The Labute approximate surface area is 135 Å². The van der Waals surface area contributed by atoms with Crippen molar-refractivity contribution in [3.8, 4) is 5.75 Å². The predicted octanol–water partition coefficient (Wildman–Crippen LogP) is 4.61. The highest BCUT2D eigenvalue weighted by molar-refractivity contribution is 6.74. The van der Waals surface area contributed by atoms with Crippen LogP contribution in [0.2, 0.25) is 18.1 Å². The molecule has 0 aliphatic carbocycles. The summed E-state index contributed by atoms with van der Waals surface area (Å²) >= 11 is 0. The summed E-state index contributed by atoms with van der Waals surface area (Å²) in [6.45, 7) is 16.4. The zero-order chi connectivity index (χ0) is 17.3. The molecule has 1 rings (SSSR count). The maximum atomic E-state index is 12.1. The molecular weight excluding hydrogens is 294 g/mol. The van der Waals surface area contributed by atoms with Gasteiger partial charge < -0.3 is 14.9 Å². The van der Waals surface area contributed by atoms with Gasteiger partial charge in [0.25, 0.3) is 0 Å². The van der Waals surface area contributed by atoms with E-state index in [1.54, 1.807) is 18.2 Å². The number of benzene rings is 1. The number of anilines is 1. The van der Waals surface area contributed by atoms with Crippen LogP contribution in [0.1, 0.15) is 51.9 Å². The largest absolute Gasteiger partial charge is 0.543 e. The van der Waals surface area contributed by atoms with Crippen molar-refractivity contribution in [1.29, 1.82) is 0 Å². The van der Waals surface area contributed by atoms with Crippen molar-refractivity contribution in [3.63, 3.8) is 0 Å². The van der Waals surface area contributed by atoms with Crippen LogP contribution in [-0.2, 0) is 4.74 Å². The van der Waals surface area contributed by atoms with Crippen LogP contribution in [0.4, 0.5) is 5.69 Å².